The van der Waals surface area contributed by atoms with Gasteiger partial charge in [0.05, 0.1) is 13.2 Å². The molecule has 1 aromatic carbocycles. The third-order valence-electron chi connectivity index (χ3n) is 2.53. The van der Waals surface area contributed by atoms with Gasteiger partial charge >= 0.3 is 0 Å². The molecule has 0 N–H and O–H groups in total. The van der Waals surface area contributed by atoms with Crippen LogP contribution in [0, 0.1) is 0 Å². The van der Waals surface area contributed by atoms with Gasteiger partial charge in [-0.15, -0.1) is 10.2 Å². The van der Waals surface area contributed by atoms with Crippen LogP contribution in [0.15, 0.2) is 47.3 Å². The predicted molar refractivity (Wildman–Crippen MR) is 81.7 cm³/mol. The molecule has 0 bridgehead atoms. The molecule has 108 valence electrons. The van der Waals surface area contributed by atoms with E-state index in [1.54, 1.807) is 34.1 Å². The topological polar surface area (TPSA) is 65.7 Å². The van der Waals surface area contributed by atoms with Crippen LogP contribution in [-0.2, 0) is 6.54 Å². The van der Waals surface area contributed by atoms with Gasteiger partial charge in [-0.05, 0) is 12.1 Å². The van der Waals surface area contributed by atoms with Crippen molar-refractivity contribution < 1.29 is 4.74 Å². The lowest BCUT2D eigenvalue weighted by atomic mass is 10.3. The molecule has 6 nitrogen and oxygen atoms in total. The first kappa shape index (κ1) is 14.0. The Morgan fingerprint density at radius 1 is 1.19 bits per heavy atom. The van der Waals surface area contributed by atoms with Crippen LogP contribution in [0.4, 0.5) is 0 Å². The molecule has 0 saturated carbocycles. The number of nitrogens with zero attached hydrogens (tertiary/aromatic N) is 5. The van der Waals surface area contributed by atoms with Crippen LogP contribution in [0.5, 0.6) is 5.75 Å². The van der Waals surface area contributed by atoms with Crippen molar-refractivity contribution in [3.8, 4) is 5.75 Å². The first-order valence-corrected chi connectivity index (χ1v) is 8.16. The molecule has 0 aliphatic carbocycles. The molecule has 21 heavy (non-hydrogen) atoms. The number of hydrogen-bond acceptors (Lipinski definition) is 7. The SMILES string of the molecule is c1ccc(OCCSc2nnc(Cn3cncn3)s2)cc1. The highest BCUT2D eigenvalue weighted by Gasteiger charge is 2.06. The molecule has 0 aliphatic rings. The fourth-order valence-corrected chi connectivity index (χ4v) is 3.39. The molecule has 0 fully saturated rings. The molecule has 0 radical (unpaired) electrons. The summed E-state index contributed by atoms with van der Waals surface area (Å²) in [6, 6.07) is 9.80. The van der Waals surface area contributed by atoms with E-state index in [0.717, 1.165) is 20.8 Å². The summed E-state index contributed by atoms with van der Waals surface area (Å²) >= 11 is 3.22. The number of ether oxygens (including phenoxy) is 1. The van der Waals surface area contributed by atoms with E-state index in [2.05, 4.69) is 20.3 Å². The Balaban J connectivity index is 1.42. The zero-order chi connectivity index (χ0) is 14.3. The van der Waals surface area contributed by atoms with Crippen molar-refractivity contribution in [3.05, 3.63) is 48.0 Å². The number of thioether (sulfide) groups is 1. The maximum absolute atomic E-state index is 5.63. The first-order valence-electron chi connectivity index (χ1n) is 6.35. The zero-order valence-electron chi connectivity index (χ0n) is 11.1. The van der Waals surface area contributed by atoms with E-state index in [9.17, 15) is 0 Å². The van der Waals surface area contributed by atoms with E-state index in [4.69, 9.17) is 4.74 Å². The summed E-state index contributed by atoms with van der Waals surface area (Å²) in [7, 11) is 0. The van der Waals surface area contributed by atoms with Crippen LogP contribution in [0.2, 0.25) is 0 Å². The van der Waals surface area contributed by atoms with Crippen molar-refractivity contribution in [3.63, 3.8) is 0 Å². The fourth-order valence-electron chi connectivity index (χ4n) is 1.62. The minimum absolute atomic E-state index is 0.610. The number of benzene rings is 1. The van der Waals surface area contributed by atoms with Gasteiger partial charge in [0.2, 0.25) is 0 Å². The second kappa shape index (κ2) is 7.19. The van der Waals surface area contributed by atoms with Crippen molar-refractivity contribution >= 4 is 23.1 Å². The van der Waals surface area contributed by atoms with Crippen molar-refractivity contribution in [2.24, 2.45) is 0 Å². The number of hydrogen-bond donors (Lipinski definition) is 0. The second-order valence-corrected chi connectivity index (χ2v) is 6.47. The quantitative estimate of drug-likeness (QED) is 0.492. The molecular formula is C13H13N5OS2. The first-order chi connectivity index (χ1) is 10.4. The Morgan fingerprint density at radius 3 is 2.90 bits per heavy atom. The summed E-state index contributed by atoms with van der Waals surface area (Å²) in [6.45, 7) is 1.26. The molecule has 0 atom stereocenters. The van der Waals surface area contributed by atoms with Gasteiger partial charge in [-0.2, -0.15) is 5.10 Å². The molecule has 8 heteroatoms. The fraction of sp³-hybridized carbons (Fsp3) is 0.231. The molecule has 0 aliphatic heterocycles. The average molecular weight is 319 g/mol. The molecule has 0 amide bonds. The van der Waals surface area contributed by atoms with Crippen molar-refractivity contribution in [2.75, 3.05) is 12.4 Å². The van der Waals surface area contributed by atoms with Gasteiger partial charge in [-0.1, -0.05) is 41.3 Å². The average Bonchev–Trinajstić information content (AvgIpc) is 3.17. The van der Waals surface area contributed by atoms with Crippen molar-refractivity contribution in [1.82, 2.24) is 25.0 Å². The smallest absolute Gasteiger partial charge is 0.174 e. The van der Waals surface area contributed by atoms with Gasteiger partial charge in [0, 0.05) is 5.75 Å². The van der Waals surface area contributed by atoms with E-state index in [0.29, 0.717) is 13.2 Å². The van der Waals surface area contributed by atoms with Crippen molar-refractivity contribution in [1.29, 1.82) is 0 Å². The van der Waals surface area contributed by atoms with E-state index in [-0.39, 0.29) is 0 Å². The standard InChI is InChI=1S/C13H13N5OS2/c1-2-4-11(5-3-1)19-6-7-20-13-17-16-12(21-13)8-18-10-14-9-15-18/h1-5,9-10H,6-8H2. The second-order valence-electron chi connectivity index (χ2n) is 4.06. The number of para-hydroxylation sites is 1. The third kappa shape index (κ3) is 4.27. The van der Waals surface area contributed by atoms with E-state index in [1.165, 1.54) is 6.33 Å². The van der Waals surface area contributed by atoms with Gasteiger partial charge in [-0.25, -0.2) is 9.67 Å². The van der Waals surface area contributed by atoms with Gasteiger partial charge in [0.15, 0.2) is 4.34 Å². The molecule has 0 spiro atoms. The maximum atomic E-state index is 5.63. The third-order valence-corrected chi connectivity index (χ3v) is 4.54. The summed E-state index contributed by atoms with van der Waals surface area (Å²) in [5.74, 6) is 1.73. The van der Waals surface area contributed by atoms with Gasteiger partial charge in [-0.3, -0.25) is 0 Å². The van der Waals surface area contributed by atoms with Crippen LogP contribution in [0.3, 0.4) is 0 Å². The van der Waals surface area contributed by atoms with Crippen molar-refractivity contribution in [2.45, 2.75) is 10.9 Å². The largest absolute Gasteiger partial charge is 0.493 e. The summed E-state index contributed by atoms with van der Waals surface area (Å²) in [5, 5.41) is 13.3. The highest BCUT2D eigenvalue weighted by Crippen LogP contribution is 2.22. The Morgan fingerprint density at radius 2 is 2.10 bits per heavy atom. The lowest BCUT2D eigenvalue weighted by Gasteiger charge is -2.03. The Hall–Kier alpha value is -1.93. The Kier molecular flexibility index (Phi) is 4.80. The summed E-state index contributed by atoms with van der Waals surface area (Å²) in [5.41, 5.74) is 0. The Labute approximate surface area is 130 Å². The molecule has 3 rings (SSSR count). The van der Waals surface area contributed by atoms with Crippen LogP contribution >= 0.6 is 23.1 Å². The lowest BCUT2D eigenvalue weighted by molar-refractivity contribution is 0.344. The van der Waals surface area contributed by atoms with Crippen LogP contribution in [-0.4, -0.2) is 37.3 Å². The highest BCUT2D eigenvalue weighted by molar-refractivity contribution is 8.01. The molecule has 2 aromatic heterocycles. The van der Waals surface area contributed by atoms with E-state index in [1.807, 2.05) is 30.3 Å². The molecule has 0 saturated heterocycles. The monoisotopic (exact) mass is 319 g/mol. The minimum Gasteiger partial charge on any atom is -0.493 e. The van der Waals surface area contributed by atoms with Crippen LogP contribution in [0.25, 0.3) is 0 Å². The molecular weight excluding hydrogens is 306 g/mol. The molecule has 2 heterocycles. The van der Waals surface area contributed by atoms with E-state index >= 15 is 0 Å². The zero-order valence-corrected chi connectivity index (χ0v) is 12.8. The number of aromatic nitrogens is 5. The van der Waals surface area contributed by atoms with Crippen LogP contribution < -0.4 is 4.74 Å². The van der Waals surface area contributed by atoms with Gasteiger partial charge < -0.3 is 4.74 Å². The minimum atomic E-state index is 0.610. The number of rotatable bonds is 7. The molecule has 3 aromatic rings. The summed E-state index contributed by atoms with van der Waals surface area (Å²) in [6.07, 6.45) is 3.18. The van der Waals surface area contributed by atoms with E-state index < -0.39 is 0 Å². The van der Waals surface area contributed by atoms with Gasteiger partial charge in [0.1, 0.15) is 23.4 Å². The maximum Gasteiger partial charge on any atom is 0.174 e. The predicted octanol–water partition coefficient (Wildman–Crippen LogP) is 2.35. The summed E-state index contributed by atoms with van der Waals surface area (Å²) < 4.78 is 8.31. The lowest BCUT2D eigenvalue weighted by Crippen LogP contribution is -1.99. The summed E-state index contributed by atoms with van der Waals surface area (Å²) in [4.78, 5) is 3.90. The van der Waals surface area contributed by atoms with Crippen LogP contribution in [0.1, 0.15) is 5.01 Å². The normalized spacial score (nSPS) is 10.7. The Bertz CT molecular complexity index is 656. The molecule has 0 unspecified atom stereocenters. The van der Waals surface area contributed by atoms with Gasteiger partial charge in [0.25, 0.3) is 0 Å². The highest BCUT2D eigenvalue weighted by atomic mass is 32.2.